The van der Waals surface area contributed by atoms with E-state index in [2.05, 4.69) is 53.8 Å². The lowest BCUT2D eigenvalue weighted by Crippen LogP contribution is -2.07. The van der Waals surface area contributed by atoms with E-state index >= 15 is 0 Å². The van der Waals surface area contributed by atoms with E-state index in [4.69, 9.17) is 4.98 Å². The first kappa shape index (κ1) is 13.5. The fraction of sp³-hybridized carbons (Fsp3) is 0.222. The van der Waals surface area contributed by atoms with Crippen LogP contribution in [0.15, 0.2) is 35.8 Å². The Hall–Kier alpha value is -2.20. The van der Waals surface area contributed by atoms with E-state index in [1.807, 2.05) is 17.5 Å². The second-order valence-corrected chi connectivity index (χ2v) is 6.83. The van der Waals surface area contributed by atoms with Crippen molar-refractivity contribution in [2.45, 2.75) is 26.7 Å². The number of aryl methyl sites for hydroxylation is 4. The van der Waals surface area contributed by atoms with E-state index in [9.17, 15) is 0 Å². The van der Waals surface area contributed by atoms with Crippen LogP contribution in [0.25, 0.3) is 11.3 Å². The minimum atomic E-state index is 0.669. The zero-order valence-corrected chi connectivity index (χ0v) is 13.5. The monoisotopic (exact) mass is 307 g/mol. The second kappa shape index (κ2) is 5.21. The minimum Gasteiger partial charge on any atom is -0.324 e. The highest BCUT2D eigenvalue weighted by atomic mass is 32.1. The van der Waals surface area contributed by atoms with Crippen molar-refractivity contribution in [2.24, 2.45) is 0 Å². The third-order valence-corrected chi connectivity index (χ3v) is 4.95. The summed E-state index contributed by atoms with van der Waals surface area (Å²) >= 11 is 1.82. The molecule has 1 aliphatic carbocycles. The van der Waals surface area contributed by atoms with Crippen LogP contribution in [-0.2, 0) is 12.8 Å². The molecule has 0 bridgehead atoms. The average Bonchev–Trinajstić information content (AvgIpc) is 2.95. The maximum Gasteiger partial charge on any atom is 0.227 e. The van der Waals surface area contributed by atoms with E-state index in [-0.39, 0.29) is 0 Å². The summed E-state index contributed by atoms with van der Waals surface area (Å²) in [6.07, 6.45) is 4.10. The molecule has 22 heavy (non-hydrogen) atoms. The number of nitrogens with zero attached hydrogens (tertiary/aromatic N) is 2. The van der Waals surface area contributed by atoms with Crippen LogP contribution in [0, 0.1) is 13.8 Å². The summed E-state index contributed by atoms with van der Waals surface area (Å²) in [6.45, 7) is 4.20. The molecule has 0 unspecified atom stereocenters. The van der Waals surface area contributed by atoms with Crippen LogP contribution < -0.4 is 5.32 Å². The summed E-state index contributed by atoms with van der Waals surface area (Å²) in [4.78, 5) is 10.7. The zero-order chi connectivity index (χ0) is 15.1. The van der Waals surface area contributed by atoms with Crippen LogP contribution in [0.2, 0.25) is 0 Å². The van der Waals surface area contributed by atoms with Gasteiger partial charge < -0.3 is 5.32 Å². The number of nitrogens with one attached hydrogen (secondary N) is 1. The first-order valence-corrected chi connectivity index (χ1v) is 8.35. The summed E-state index contributed by atoms with van der Waals surface area (Å²) in [5.41, 5.74) is 7.12. The first-order chi connectivity index (χ1) is 10.7. The van der Waals surface area contributed by atoms with Crippen LogP contribution in [0.5, 0.6) is 0 Å². The second-order valence-electron chi connectivity index (χ2n) is 5.83. The maximum absolute atomic E-state index is 4.77. The molecule has 110 valence electrons. The molecule has 0 amide bonds. The van der Waals surface area contributed by atoms with Gasteiger partial charge in [-0.15, -0.1) is 11.3 Å². The molecule has 4 rings (SSSR count). The summed E-state index contributed by atoms with van der Waals surface area (Å²) in [6, 6.07) is 8.57. The van der Waals surface area contributed by atoms with Crippen molar-refractivity contribution >= 4 is 23.0 Å². The Labute approximate surface area is 134 Å². The maximum atomic E-state index is 4.77. The molecular formula is C18H17N3S. The van der Waals surface area contributed by atoms with E-state index in [0.29, 0.717) is 5.95 Å². The van der Waals surface area contributed by atoms with Gasteiger partial charge in [0.25, 0.3) is 0 Å². The van der Waals surface area contributed by atoms with Gasteiger partial charge in [0.05, 0.1) is 5.69 Å². The molecule has 1 aliphatic rings. The number of anilines is 2. The van der Waals surface area contributed by atoms with Gasteiger partial charge in [-0.25, -0.2) is 9.97 Å². The molecule has 0 fully saturated rings. The predicted molar refractivity (Wildman–Crippen MR) is 92.0 cm³/mol. The molecule has 1 N–H and O–H groups in total. The predicted octanol–water partition coefficient (Wildman–Crippen LogP) is 4.66. The fourth-order valence-electron chi connectivity index (χ4n) is 3.05. The normalized spacial score (nSPS) is 12.6. The highest BCUT2D eigenvalue weighted by molar-refractivity contribution is 7.10. The molecule has 0 atom stereocenters. The molecule has 0 aliphatic heterocycles. The van der Waals surface area contributed by atoms with Crippen molar-refractivity contribution in [3.63, 3.8) is 0 Å². The Kier molecular flexibility index (Phi) is 3.19. The highest BCUT2D eigenvalue weighted by Gasteiger charge is 2.19. The van der Waals surface area contributed by atoms with Crippen LogP contribution >= 0.6 is 11.3 Å². The van der Waals surface area contributed by atoms with Crippen molar-refractivity contribution in [3.8, 4) is 11.3 Å². The van der Waals surface area contributed by atoms with Crippen LogP contribution in [0.4, 0.5) is 11.6 Å². The van der Waals surface area contributed by atoms with Gasteiger partial charge in [0.1, 0.15) is 0 Å². The molecule has 0 spiro atoms. The Bertz CT molecular complexity index is 831. The van der Waals surface area contributed by atoms with Gasteiger partial charge in [-0.3, -0.25) is 0 Å². The molecule has 1 aromatic carbocycles. The number of thiophene rings is 1. The Morgan fingerprint density at radius 2 is 1.91 bits per heavy atom. The molecular weight excluding hydrogens is 290 g/mol. The van der Waals surface area contributed by atoms with Gasteiger partial charge in [0.2, 0.25) is 5.95 Å². The van der Waals surface area contributed by atoms with Gasteiger partial charge in [-0.05, 0) is 67.0 Å². The van der Waals surface area contributed by atoms with Crippen molar-refractivity contribution in [3.05, 3.63) is 57.4 Å². The number of hydrogen-bond acceptors (Lipinski definition) is 4. The van der Waals surface area contributed by atoms with Gasteiger partial charge in [-0.2, -0.15) is 0 Å². The Morgan fingerprint density at radius 3 is 2.73 bits per heavy atom. The van der Waals surface area contributed by atoms with E-state index < -0.39 is 0 Å². The molecule has 0 saturated heterocycles. The number of aromatic nitrogens is 2. The fourth-order valence-corrected chi connectivity index (χ4v) is 3.93. The minimum absolute atomic E-state index is 0.669. The van der Waals surface area contributed by atoms with Crippen molar-refractivity contribution < 1.29 is 0 Å². The van der Waals surface area contributed by atoms with Crippen LogP contribution in [0.1, 0.15) is 21.6 Å². The molecule has 3 nitrogen and oxygen atoms in total. The van der Waals surface area contributed by atoms with Gasteiger partial charge in [0, 0.05) is 22.3 Å². The van der Waals surface area contributed by atoms with E-state index in [0.717, 1.165) is 24.2 Å². The summed E-state index contributed by atoms with van der Waals surface area (Å²) in [5.74, 6) is 0.669. The molecule has 0 saturated carbocycles. The topological polar surface area (TPSA) is 37.8 Å². The van der Waals surface area contributed by atoms with Crippen LogP contribution in [0.3, 0.4) is 0 Å². The standard InChI is InChI=1S/C18H17N3S/c1-11-7-12(2)9-14(8-11)20-18-19-10-13-3-4-16-15(5-6-22-16)17(13)21-18/h5-10H,3-4H2,1-2H3,(H,19,20,21). The lowest BCUT2D eigenvalue weighted by atomic mass is 9.96. The van der Waals surface area contributed by atoms with Crippen molar-refractivity contribution in [1.29, 1.82) is 0 Å². The molecule has 2 aromatic heterocycles. The summed E-state index contributed by atoms with van der Waals surface area (Å²) in [7, 11) is 0. The SMILES string of the molecule is Cc1cc(C)cc(Nc2ncc3c(n2)-c2ccsc2CC3)c1. The van der Waals surface area contributed by atoms with E-state index in [1.54, 1.807) is 0 Å². The third kappa shape index (κ3) is 2.40. The number of hydrogen-bond donors (Lipinski definition) is 1. The molecule has 3 aromatic rings. The number of rotatable bonds is 2. The number of fused-ring (bicyclic) bond motifs is 3. The zero-order valence-electron chi connectivity index (χ0n) is 12.7. The Morgan fingerprint density at radius 1 is 1.09 bits per heavy atom. The van der Waals surface area contributed by atoms with Gasteiger partial charge >= 0.3 is 0 Å². The largest absolute Gasteiger partial charge is 0.324 e. The van der Waals surface area contributed by atoms with Gasteiger partial charge in [-0.1, -0.05) is 6.07 Å². The van der Waals surface area contributed by atoms with Crippen LogP contribution in [-0.4, -0.2) is 9.97 Å². The van der Waals surface area contributed by atoms with E-state index in [1.165, 1.54) is 27.1 Å². The Balaban J connectivity index is 1.71. The first-order valence-electron chi connectivity index (χ1n) is 7.47. The lowest BCUT2D eigenvalue weighted by Gasteiger charge is -2.16. The average molecular weight is 307 g/mol. The third-order valence-electron chi connectivity index (χ3n) is 3.96. The molecule has 0 radical (unpaired) electrons. The number of benzene rings is 1. The summed E-state index contributed by atoms with van der Waals surface area (Å²) < 4.78 is 0. The van der Waals surface area contributed by atoms with Gasteiger partial charge in [0.15, 0.2) is 0 Å². The quantitative estimate of drug-likeness (QED) is 0.748. The molecule has 2 heterocycles. The summed E-state index contributed by atoms with van der Waals surface area (Å²) in [5, 5.41) is 5.49. The smallest absolute Gasteiger partial charge is 0.227 e. The van der Waals surface area contributed by atoms with Crippen molar-refractivity contribution in [2.75, 3.05) is 5.32 Å². The van der Waals surface area contributed by atoms with Crippen molar-refractivity contribution in [1.82, 2.24) is 9.97 Å². The molecule has 4 heteroatoms. The highest BCUT2D eigenvalue weighted by Crippen LogP contribution is 2.35. The lowest BCUT2D eigenvalue weighted by molar-refractivity contribution is 0.930.